The molecule has 3 N–H and O–H groups in total. The number of aromatic hydroxyl groups is 1. The van der Waals surface area contributed by atoms with Crippen LogP contribution < -0.4 is 0 Å². The number of hydrogen-bond donors (Lipinski definition) is 3. The Bertz CT molecular complexity index is 540. The Balaban J connectivity index is 1.31. The van der Waals surface area contributed by atoms with Crippen LogP contribution in [-0.4, -0.2) is 45.5 Å². The number of phenolic OH excluding ortho intramolecular Hbond substituents is 1. The van der Waals surface area contributed by atoms with E-state index >= 15 is 0 Å². The number of benzene rings is 1. The molecule has 4 heteroatoms. The van der Waals surface area contributed by atoms with Crippen molar-refractivity contribution in [2.75, 3.05) is 19.6 Å². The number of hydrogen-bond acceptors (Lipinski definition) is 4. The SMILES string of the molecule is Oc1ccc(C(O)CN2CC3CC(O)(CC4CC4)C[C@@H]3C2)cc1. The normalized spacial score (nSPS) is 35.4. The predicted molar refractivity (Wildman–Crippen MR) is 88.0 cm³/mol. The Morgan fingerprint density at radius 2 is 1.70 bits per heavy atom. The first-order valence-corrected chi connectivity index (χ1v) is 8.92. The molecular weight excluding hydrogens is 290 g/mol. The number of nitrogens with zero attached hydrogens (tertiary/aromatic N) is 1. The third-order valence-corrected chi connectivity index (χ3v) is 6.01. The van der Waals surface area contributed by atoms with Gasteiger partial charge >= 0.3 is 0 Å². The second-order valence-corrected chi connectivity index (χ2v) is 8.13. The highest BCUT2D eigenvalue weighted by molar-refractivity contribution is 5.27. The van der Waals surface area contributed by atoms with Crippen molar-refractivity contribution in [1.29, 1.82) is 0 Å². The van der Waals surface area contributed by atoms with Crippen molar-refractivity contribution in [1.82, 2.24) is 4.90 Å². The summed E-state index contributed by atoms with van der Waals surface area (Å²) in [6, 6.07) is 6.81. The second kappa shape index (κ2) is 5.76. The highest BCUT2D eigenvalue weighted by Gasteiger charge is 2.49. The van der Waals surface area contributed by atoms with Crippen LogP contribution in [0.5, 0.6) is 5.75 Å². The van der Waals surface area contributed by atoms with Crippen molar-refractivity contribution in [2.24, 2.45) is 17.8 Å². The number of likely N-dealkylation sites (tertiary alicyclic amines) is 1. The average Bonchev–Trinajstić information content (AvgIpc) is 3.14. The molecule has 126 valence electrons. The van der Waals surface area contributed by atoms with E-state index in [1.165, 1.54) is 12.8 Å². The fraction of sp³-hybridized carbons (Fsp3) is 0.684. The van der Waals surface area contributed by atoms with E-state index in [1.54, 1.807) is 24.3 Å². The molecule has 3 aliphatic rings. The minimum absolute atomic E-state index is 0.228. The lowest BCUT2D eigenvalue weighted by Crippen LogP contribution is -2.32. The number of β-amino-alcohol motifs (C(OH)–C–C–N with tert-alkyl or cyclic N) is 1. The van der Waals surface area contributed by atoms with Gasteiger partial charge in [0.2, 0.25) is 0 Å². The van der Waals surface area contributed by atoms with Crippen molar-refractivity contribution in [3.63, 3.8) is 0 Å². The standard InChI is InChI=1S/C19H27NO3/c21-17-5-3-14(4-6-17)18(22)12-20-10-15-8-19(23,7-13-1-2-13)9-16(15)11-20/h3-6,13,15-16,18,21-23H,1-2,7-12H2/t15-,16?,18?,19?/m1/s1. The molecule has 1 heterocycles. The predicted octanol–water partition coefficient (Wildman–Crippen LogP) is 2.30. The van der Waals surface area contributed by atoms with E-state index in [4.69, 9.17) is 0 Å². The molecule has 0 amide bonds. The van der Waals surface area contributed by atoms with E-state index in [1.807, 2.05) is 0 Å². The maximum atomic E-state index is 10.8. The lowest BCUT2D eigenvalue weighted by atomic mass is 9.93. The Morgan fingerprint density at radius 1 is 1.09 bits per heavy atom. The van der Waals surface area contributed by atoms with E-state index in [-0.39, 0.29) is 5.75 Å². The summed E-state index contributed by atoms with van der Waals surface area (Å²) in [7, 11) is 0. The molecule has 3 fully saturated rings. The van der Waals surface area contributed by atoms with Gasteiger partial charge in [-0.05, 0) is 54.7 Å². The van der Waals surface area contributed by atoms with Gasteiger partial charge in [0, 0.05) is 19.6 Å². The van der Waals surface area contributed by atoms with E-state index in [0.717, 1.165) is 43.8 Å². The molecule has 0 spiro atoms. The molecular formula is C19H27NO3. The van der Waals surface area contributed by atoms with Gasteiger partial charge in [0.1, 0.15) is 5.75 Å². The zero-order chi connectivity index (χ0) is 16.0. The van der Waals surface area contributed by atoms with E-state index < -0.39 is 11.7 Å². The molecule has 0 aromatic heterocycles. The van der Waals surface area contributed by atoms with Crippen molar-refractivity contribution >= 4 is 0 Å². The highest BCUT2D eigenvalue weighted by Crippen LogP contribution is 2.49. The van der Waals surface area contributed by atoms with Crippen LogP contribution in [-0.2, 0) is 0 Å². The summed E-state index contributed by atoms with van der Waals surface area (Å²) in [6.07, 6.45) is 5.00. The number of fused-ring (bicyclic) bond motifs is 1. The second-order valence-electron chi connectivity index (χ2n) is 8.13. The van der Waals surface area contributed by atoms with E-state index in [0.29, 0.717) is 18.4 Å². The van der Waals surface area contributed by atoms with Gasteiger partial charge in [-0.1, -0.05) is 25.0 Å². The van der Waals surface area contributed by atoms with Crippen LogP contribution in [0.15, 0.2) is 24.3 Å². The third kappa shape index (κ3) is 3.39. The van der Waals surface area contributed by atoms with Crippen LogP contribution in [0, 0.1) is 17.8 Å². The molecule has 4 nitrogen and oxygen atoms in total. The Morgan fingerprint density at radius 3 is 2.26 bits per heavy atom. The molecule has 1 aliphatic heterocycles. The molecule has 0 bridgehead atoms. The van der Waals surface area contributed by atoms with Crippen molar-refractivity contribution in [3.8, 4) is 5.75 Å². The summed E-state index contributed by atoms with van der Waals surface area (Å²) in [5.41, 5.74) is 0.447. The minimum atomic E-state index is -0.514. The minimum Gasteiger partial charge on any atom is -0.508 e. The van der Waals surface area contributed by atoms with Crippen LogP contribution in [0.4, 0.5) is 0 Å². The summed E-state index contributed by atoms with van der Waals surface area (Å²) >= 11 is 0. The average molecular weight is 317 g/mol. The number of aliphatic hydroxyl groups excluding tert-OH is 1. The molecule has 1 aromatic carbocycles. The number of phenols is 1. The molecule has 2 saturated carbocycles. The van der Waals surface area contributed by atoms with Crippen LogP contribution >= 0.6 is 0 Å². The molecule has 3 unspecified atom stereocenters. The van der Waals surface area contributed by atoms with Gasteiger partial charge in [0.05, 0.1) is 11.7 Å². The molecule has 23 heavy (non-hydrogen) atoms. The zero-order valence-corrected chi connectivity index (χ0v) is 13.6. The monoisotopic (exact) mass is 317 g/mol. The maximum absolute atomic E-state index is 10.8. The lowest BCUT2D eigenvalue weighted by molar-refractivity contribution is 0.0194. The first kappa shape index (κ1) is 15.4. The van der Waals surface area contributed by atoms with Gasteiger partial charge < -0.3 is 15.3 Å². The topological polar surface area (TPSA) is 63.9 Å². The van der Waals surface area contributed by atoms with Gasteiger partial charge in [-0.2, -0.15) is 0 Å². The Kier molecular flexibility index (Phi) is 3.87. The van der Waals surface area contributed by atoms with Crippen molar-refractivity contribution in [3.05, 3.63) is 29.8 Å². The van der Waals surface area contributed by atoms with Gasteiger partial charge in [0.25, 0.3) is 0 Å². The van der Waals surface area contributed by atoms with Crippen LogP contribution in [0.3, 0.4) is 0 Å². The van der Waals surface area contributed by atoms with Crippen molar-refractivity contribution in [2.45, 2.75) is 43.8 Å². The third-order valence-electron chi connectivity index (χ3n) is 6.01. The first-order chi connectivity index (χ1) is 11.0. The molecule has 0 radical (unpaired) electrons. The molecule has 2 aliphatic carbocycles. The summed E-state index contributed by atoms with van der Waals surface area (Å²) < 4.78 is 0. The summed E-state index contributed by atoms with van der Waals surface area (Å²) in [5.74, 6) is 2.19. The molecule has 1 saturated heterocycles. The first-order valence-electron chi connectivity index (χ1n) is 8.92. The molecule has 4 atom stereocenters. The quantitative estimate of drug-likeness (QED) is 0.780. The van der Waals surface area contributed by atoms with Gasteiger partial charge in [-0.25, -0.2) is 0 Å². The summed E-state index contributed by atoms with van der Waals surface area (Å²) in [6.45, 7) is 2.62. The van der Waals surface area contributed by atoms with Crippen LogP contribution in [0.2, 0.25) is 0 Å². The largest absolute Gasteiger partial charge is 0.508 e. The fourth-order valence-corrected chi connectivity index (χ4v) is 4.78. The number of rotatable bonds is 5. The van der Waals surface area contributed by atoms with E-state index in [2.05, 4.69) is 4.90 Å². The van der Waals surface area contributed by atoms with Crippen LogP contribution in [0.25, 0.3) is 0 Å². The lowest BCUT2D eigenvalue weighted by Gasteiger charge is -2.27. The Labute approximate surface area is 137 Å². The highest BCUT2D eigenvalue weighted by atomic mass is 16.3. The summed E-state index contributed by atoms with van der Waals surface area (Å²) in [5, 5.41) is 30.5. The maximum Gasteiger partial charge on any atom is 0.115 e. The van der Waals surface area contributed by atoms with Gasteiger partial charge in [-0.15, -0.1) is 0 Å². The zero-order valence-electron chi connectivity index (χ0n) is 13.6. The van der Waals surface area contributed by atoms with Crippen molar-refractivity contribution < 1.29 is 15.3 Å². The smallest absolute Gasteiger partial charge is 0.115 e. The van der Waals surface area contributed by atoms with Crippen LogP contribution in [0.1, 0.15) is 43.8 Å². The summed E-state index contributed by atoms with van der Waals surface area (Å²) in [4.78, 5) is 2.34. The van der Waals surface area contributed by atoms with Gasteiger partial charge in [-0.3, -0.25) is 4.90 Å². The number of aliphatic hydroxyl groups is 2. The van der Waals surface area contributed by atoms with E-state index in [9.17, 15) is 15.3 Å². The molecule has 4 rings (SSSR count). The molecule has 1 aromatic rings. The fourth-order valence-electron chi connectivity index (χ4n) is 4.78. The Hall–Kier alpha value is -1.10. The van der Waals surface area contributed by atoms with Gasteiger partial charge in [0.15, 0.2) is 0 Å².